The number of rotatable bonds is 22. The number of unbranched alkanes of at least 4 members (excludes halogenated alkanes) is 11. The topological polar surface area (TPSA) is 61.0 Å². The van der Waals surface area contributed by atoms with Gasteiger partial charge in [0, 0.05) is 36.5 Å². The number of nitrogens with one attached hydrogen (secondary N) is 2. The van der Waals surface area contributed by atoms with Crippen molar-refractivity contribution in [2.24, 2.45) is 0 Å². The van der Waals surface area contributed by atoms with Crippen molar-refractivity contribution in [2.75, 3.05) is 25.4 Å². The predicted molar refractivity (Wildman–Crippen MR) is 181 cm³/mol. The van der Waals surface area contributed by atoms with Gasteiger partial charge in [-0.3, -0.25) is 0 Å². The summed E-state index contributed by atoms with van der Waals surface area (Å²) in [5.74, 6) is 1.01. The fraction of sp³-hybridized carbons (Fsp3) is 0.556. The molecule has 0 atom stereocenters. The number of carbonyl (C=O) groups excluding carboxylic acids is 1. The standard InChI is InChI=1S/C36H54N4OS/c1-3-5-7-9-10-19-27-37-36(41)40(28-20-11-8-6-4-2)29-21-14-22-30-42-35-38-33(31-23-15-12-16-24-31)34(39-35)32-25-17-13-18-26-32/h12-13,15-18,23-26H,3-11,14,19-22,27-30H2,1-2H3,(H,37,41)(H,38,39). The number of thioether (sulfide) groups is 1. The van der Waals surface area contributed by atoms with Crippen molar-refractivity contribution < 1.29 is 4.79 Å². The van der Waals surface area contributed by atoms with Gasteiger partial charge in [-0.25, -0.2) is 9.78 Å². The van der Waals surface area contributed by atoms with Gasteiger partial charge in [-0.05, 0) is 25.7 Å². The van der Waals surface area contributed by atoms with Crippen LogP contribution in [0.4, 0.5) is 4.79 Å². The molecule has 3 aromatic rings. The zero-order chi connectivity index (χ0) is 29.7. The lowest BCUT2D eigenvalue weighted by Gasteiger charge is -2.23. The van der Waals surface area contributed by atoms with Crippen LogP contribution in [0, 0.1) is 0 Å². The molecule has 0 bridgehead atoms. The van der Waals surface area contributed by atoms with E-state index < -0.39 is 0 Å². The Bertz CT molecular complexity index is 1050. The van der Waals surface area contributed by atoms with Gasteiger partial charge in [0.2, 0.25) is 0 Å². The van der Waals surface area contributed by atoms with Gasteiger partial charge in [-0.2, -0.15) is 0 Å². The molecular weight excluding hydrogens is 536 g/mol. The van der Waals surface area contributed by atoms with E-state index >= 15 is 0 Å². The molecule has 3 rings (SSSR count). The van der Waals surface area contributed by atoms with Crippen molar-refractivity contribution in [1.29, 1.82) is 0 Å². The smallest absolute Gasteiger partial charge is 0.317 e. The number of benzene rings is 2. The summed E-state index contributed by atoms with van der Waals surface area (Å²) in [6.45, 7) is 7.01. The van der Waals surface area contributed by atoms with Crippen molar-refractivity contribution >= 4 is 17.8 Å². The first-order valence-corrected chi connectivity index (χ1v) is 17.6. The molecule has 2 N–H and O–H groups in total. The van der Waals surface area contributed by atoms with Gasteiger partial charge in [-0.1, -0.05) is 150 Å². The molecule has 230 valence electrons. The van der Waals surface area contributed by atoms with E-state index in [1.807, 2.05) is 12.1 Å². The molecule has 2 aromatic carbocycles. The largest absolute Gasteiger partial charge is 0.338 e. The first-order chi connectivity index (χ1) is 20.7. The number of aromatic amines is 1. The van der Waals surface area contributed by atoms with E-state index in [0.29, 0.717) is 0 Å². The summed E-state index contributed by atoms with van der Waals surface area (Å²) < 4.78 is 0. The van der Waals surface area contributed by atoms with Gasteiger partial charge in [0.15, 0.2) is 5.16 Å². The van der Waals surface area contributed by atoms with Gasteiger partial charge in [0.05, 0.1) is 11.4 Å². The van der Waals surface area contributed by atoms with Crippen LogP contribution < -0.4 is 5.32 Å². The Labute approximate surface area is 259 Å². The van der Waals surface area contributed by atoms with Crippen LogP contribution in [0.1, 0.15) is 104 Å². The number of nitrogens with zero attached hydrogens (tertiary/aromatic N) is 2. The molecule has 0 aliphatic heterocycles. The third-order valence-electron chi connectivity index (χ3n) is 7.73. The van der Waals surface area contributed by atoms with Crippen LogP contribution in [-0.2, 0) is 0 Å². The van der Waals surface area contributed by atoms with Crippen LogP contribution >= 0.6 is 11.8 Å². The number of aromatic nitrogens is 2. The second-order valence-corrected chi connectivity index (χ2v) is 12.4. The Morgan fingerprint density at radius 1 is 0.714 bits per heavy atom. The number of carbonyl (C=O) groups is 1. The molecule has 0 spiro atoms. The lowest BCUT2D eigenvalue weighted by Crippen LogP contribution is -2.41. The van der Waals surface area contributed by atoms with Crippen LogP contribution in [0.5, 0.6) is 0 Å². The van der Waals surface area contributed by atoms with Crippen molar-refractivity contribution in [1.82, 2.24) is 20.2 Å². The second kappa shape index (κ2) is 21.0. The maximum Gasteiger partial charge on any atom is 0.317 e. The summed E-state index contributed by atoms with van der Waals surface area (Å²) in [6, 6.07) is 21.0. The minimum atomic E-state index is 0.130. The van der Waals surface area contributed by atoms with Crippen LogP contribution in [-0.4, -0.2) is 46.3 Å². The van der Waals surface area contributed by atoms with Crippen molar-refractivity contribution in [3.63, 3.8) is 0 Å². The van der Waals surface area contributed by atoms with E-state index in [0.717, 1.165) is 85.2 Å². The first kappa shape index (κ1) is 33.8. The van der Waals surface area contributed by atoms with Crippen LogP contribution in [0.25, 0.3) is 22.5 Å². The predicted octanol–water partition coefficient (Wildman–Crippen LogP) is 10.3. The molecule has 5 nitrogen and oxygen atoms in total. The van der Waals surface area contributed by atoms with E-state index in [1.165, 1.54) is 57.8 Å². The quantitative estimate of drug-likeness (QED) is 0.0904. The fourth-order valence-electron chi connectivity index (χ4n) is 5.22. The fourth-order valence-corrected chi connectivity index (χ4v) is 6.09. The molecule has 1 heterocycles. The number of hydrogen-bond donors (Lipinski definition) is 2. The first-order valence-electron chi connectivity index (χ1n) is 16.6. The number of urea groups is 1. The Kier molecular flexibility index (Phi) is 16.9. The van der Waals surface area contributed by atoms with Gasteiger partial charge in [0.1, 0.15) is 0 Å². The average molecular weight is 591 g/mol. The zero-order valence-electron chi connectivity index (χ0n) is 26.2. The van der Waals surface area contributed by atoms with Crippen molar-refractivity contribution in [3.8, 4) is 22.5 Å². The summed E-state index contributed by atoms with van der Waals surface area (Å²) >= 11 is 1.79. The normalized spacial score (nSPS) is 11.1. The van der Waals surface area contributed by atoms with Gasteiger partial charge < -0.3 is 15.2 Å². The van der Waals surface area contributed by atoms with Crippen LogP contribution in [0.15, 0.2) is 65.8 Å². The summed E-state index contributed by atoms with van der Waals surface area (Å²) in [4.78, 5) is 23.6. The maximum absolute atomic E-state index is 13.0. The SMILES string of the molecule is CCCCCCCCNC(=O)N(CCCCCCC)CCCCCSc1nc(-c2ccccc2)c(-c2ccccc2)[nH]1. The molecule has 0 aliphatic rings. The average Bonchev–Trinajstić information content (AvgIpc) is 3.46. The summed E-state index contributed by atoms with van der Waals surface area (Å²) in [5.41, 5.74) is 4.36. The third-order valence-corrected chi connectivity index (χ3v) is 8.69. The van der Waals surface area contributed by atoms with E-state index in [-0.39, 0.29) is 6.03 Å². The Hall–Kier alpha value is -2.73. The lowest BCUT2D eigenvalue weighted by atomic mass is 10.1. The van der Waals surface area contributed by atoms with E-state index in [2.05, 4.69) is 77.6 Å². The van der Waals surface area contributed by atoms with E-state index in [9.17, 15) is 4.79 Å². The maximum atomic E-state index is 13.0. The van der Waals surface area contributed by atoms with Gasteiger partial charge in [0.25, 0.3) is 0 Å². The number of imidazole rings is 1. The minimum absolute atomic E-state index is 0.130. The molecule has 0 fully saturated rings. The molecule has 42 heavy (non-hydrogen) atoms. The van der Waals surface area contributed by atoms with Crippen molar-refractivity contribution in [2.45, 2.75) is 109 Å². The molecular formula is C36H54N4OS. The highest BCUT2D eigenvalue weighted by molar-refractivity contribution is 7.99. The number of H-pyrrole nitrogens is 1. The Morgan fingerprint density at radius 3 is 1.90 bits per heavy atom. The molecule has 0 unspecified atom stereocenters. The number of hydrogen-bond acceptors (Lipinski definition) is 3. The van der Waals surface area contributed by atoms with E-state index in [1.54, 1.807) is 11.8 Å². The molecule has 2 amide bonds. The van der Waals surface area contributed by atoms with Gasteiger partial charge >= 0.3 is 6.03 Å². The zero-order valence-corrected chi connectivity index (χ0v) is 27.0. The van der Waals surface area contributed by atoms with Crippen molar-refractivity contribution in [3.05, 3.63) is 60.7 Å². The Morgan fingerprint density at radius 2 is 1.26 bits per heavy atom. The summed E-state index contributed by atoms with van der Waals surface area (Å²) in [5, 5.41) is 4.17. The summed E-state index contributed by atoms with van der Waals surface area (Å²) in [7, 11) is 0. The highest BCUT2D eigenvalue weighted by Crippen LogP contribution is 2.32. The van der Waals surface area contributed by atoms with Gasteiger partial charge in [-0.15, -0.1) is 0 Å². The molecule has 1 aromatic heterocycles. The molecule has 0 aliphatic carbocycles. The van der Waals surface area contributed by atoms with Crippen LogP contribution in [0.3, 0.4) is 0 Å². The third kappa shape index (κ3) is 12.6. The highest BCUT2D eigenvalue weighted by atomic mass is 32.2. The minimum Gasteiger partial charge on any atom is -0.338 e. The Balaban J connectivity index is 1.43. The highest BCUT2D eigenvalue weighted by Gasteiger charge is 2.15. The molecule has 0 saturated carbocycles. The monoisotopic (exact) mass is 590 g/mol. The summed E-state index contributed by atoms with van der Waals surface area (Å²) in [6.07, 6.45) is 16.9. The lowest BCUT2D eigenvalue weighted by molar-refractivity contribution is 0.195. The number of amides is 2. The van der Waals surface area contributed by atoms with Crippen LogP contribution in [0.2, 0.25) is 0 Å². The van der Waals surface area contributed by atoms with E-state index in [4.69, 9.17) is 4.98 Å². The molecule has 0 saturated heterocycles. The second-order valence-electron chi connectivity index (χ2n) is 11.3. The molecule has 6 heteroatoms. The molecule has 0 radical (unpaired) electrons.